The minimum atomic E-state index is 0.738. The molecule has 2 fully saturated rings. The summed E-state index contributed by atoms with van der Waals surface area (Å²) in [5, 5.41) is 0. The summed E-state index contributed by atoms with van der Waals surface area (Å²) in [4.78, 5) is 2.85. The van der Waals surface area contributed by atoms with Gasteiger partial charge in [0.05, 0.1) is 0 Å². The van der Waals surface area contributed by atoms with Gasteiger partial charge >= 0.3 is 0 Å². The fourth-order valence-corrected chi connectivity index (χ4v) is 4.78. The van der Waals surface area contributed by atoms with Crippen LogP contribution in [0.1, 0.15) is 60.8 Å². The van der Waals surface area contributed by atoms with E-state index in [4.69, 9.17) is 0 Å². The molecule has 0 radical (unpaired) electrons. The van der Waals surface area contributed by atoms with Gasteiger partial charge in [-0.3, -0.25) is 4.90 Å². The smallest absolute Gasteiger partial charge is 0.0135 e. The lowest BCUT2D eigenvalue weighted by Crippen LogP contribution is -2.54. The highest BCUT2D eigenvalue weighted by Crippen LogP contribution is 2.48. The Kier molecular flexibility index (Phi) is 3.87. The molecular weight excluding hydrogens is 206 g/mol. The molecule has 1 nitrogen and oxygen atoms in total. The Bertz CT molecular complexity index is 256. The van der Waals surface area contributed by atoms with Crippen molar-refractivity contribution in [3.8, 4) is 0 Å². The van der Waals surface area contributed by atoms with E-state index in [1.165, 1.54) is 19.3 Å². The number of nitrogens with zero attached hydrogens (tertiary/aromatic N) is 1. The minimum absolute atomic E-state index is 0.738. The number of hydrogen-bond donors (Lipinski definition) is 0. The molecule has 0 aliphatic carbocycles. The first-order valence-corrected chi connectivity index (χ1v) is 7.71. The molecule has 0 amide bonds. The molecule has 2 rings (SSSR count). The van der Waals surface area contributed by atoms with Crippen molar-refractivity contribution in [2.24, 2.45) is 23.7 Å². The molecule has 100 valence electrons. The molecule has 0 aromatic heterocycles. The SMILES string of the molecule is CC(C)C1CC2CCC(C1C(C)C)N2C(C)C. The molecule has 2 bridgehead atoms. The van der Waals surface area contributed by atoms with Gasteiger partial charge in [-0.1, -0.05) is 27.7 Å². The summed E-state index contributed by atoms with van der Waals surface area (Å²) in [6.45, 7) is 14.5. The second kappa shape index (κ2) is 4.91. The molecule has 2 aliphatic rings. The van der Waals surface area contributed by atoms with Crippen LogP contribution in [-0.4, -0.2) is 23.0 Å². The van der Waals surface area contributed by atoms with Gasteiger partial charge in [0.2, 0.25) is 0 Å². The Morgan fingerprint density at radius 1 is 0.882 bits per heavy atom. The van der Waals surface area contributed by atoms with Crippen molar-refractivity contribution < 1.29 is 0 Å². The first-order chi connectivity index (χ1) is 7.93. The van der Waals surface area contributed by atoms with Crippen LogP contribution in [0.2, 0.25) is 0 Å². The summed E-state index contributed by atoms with van der Waals surface area (Å²) in [5.41, 5.74) is 0. The molecule has 0 N–H and O–H groups in total. The Morgan fingerprint density at radius 3 is 2.00 bits per heavy atom. The highest BCUT2D eigenvalue weighted by Gasteiger charge is 2.49. The van der Waals surface area contributed by atoms with Crippen LogP contribution < -0.4 is 0 Å². The minimum Gasteiger partial charge on any atom is -0.295 e. The summed E-state index contributed by atoms with van der Waals surface area (Å²) >= 11 is 0. The van der Waals surface area contributed by atoms with Gasteiger partial charge < -0.3 is 0 Å². The van der Waals surface area contributed by atoms with Crippen molar-refractivity contribution in [1.29, 1.82) is 0 Å². The van der Waals surface area contributed by atoms with E-state index in [1.807, 2.05) is 0 Å². The largest absolute Gasteiger partial charge is 0.295 e. The molecule has 4 unspecified atom stereocenters. The van der Waals surface area contributed by atoms with Gasteiger partial charge in [0.25, 0.3) is 0 Å². The zero-order valence-corrected chi connectivity index (χ0v) is 12.6. The van der Waals surface area contributed by atoms with Crippen molar-refractivity contribution in [3.05, 3.63) is 0 Å². The van der Waals surface area contributed by atoms with Gasteiger partial charge in [0.15, 0.2) is 0 Å². The van der Waals surface area contributed by atoms with Gasteiger partial charge in [-0.2, -0.15) is 0 Å². The van der Waals surface area contributed by atoms with E-state index < -0.39 is 0 Å². The predicted molar refractivity (Wildman–Crippen MR) is 75.1 cm³/mol. The highest BCUT2D eigenvalue weighted by molar-refractivity contribution is 5.02. The van der Waals surface area contributed by atoms with Crippen LogP contribution in [0.5, 0.6) is 0 Å². The van der Waals surface area contributed by atoms with Crippen LogP contribution in [-0.2, 0) is 0 Å². The Hall–Kier alpha value is -0.0400. The molecule has 2 heterocycles. The molecule has 2 aliphatic heterocycles. The first kappa shape index (κ1) is 13.4. The normalized spacial score (nSPS) is 38.6. The summed E-state index contributed by atoms with van der Waals surface area (Å²) in [5.74, 6) is 3.59. The second-order valence-electron chi connectivity index (χ2n) is 7.30. The summed E-state index contributed by atoms with van der Waals surface area (Å²) in [7, 11) is 0. The Labute approximate surface area is 108 Å². The van der Waals surface area contributed by atoms with Crippen LogP contribution in [0.25, 0.3) is 0 Å². The Morgan fingerprint density at radius 2 is 1.53 bits per heavy atom. The third-order valence-electron chi connectivity index (χ3n) is 5.31. The van der Waals surface area contributed by atoms with E-state index in [0.717, 1.165) is 41.8 Å². The quantitative estimate of drug-likeness (QED) is 0.712. The predicted octanol–water partition coefficient (Wildman–Crippen LogP) is 4.18. The average Bonchev–Trinajstić information content (AvgIpc) is 2.52. The summed E-state index contributed by atoms with van der Waals surface area (Å²) in [6, 6.07) is 2.51. The van der Waals surface area contributed by atoms with Crippen molar-refractivity contribution >= 4 is 0 Å². The van der Waals surface area contributed by atoms with E-state index in [1.54, 1.807) is 0 Å². The maximum absolute atomic E-state index is 2.85. The third kappa shape index (κ3) is 2.28. The van der Waals surface area contributed by atoms with Gasteiger partial charge in [-0.25, -0.2) is 0 Å². The summed E-state index contributed by atoms with van der Waals surface area (Å²) < 4.78 is 0. The lowest BCUT2D eigenvalue weighted by Gasteiger charge is -2.49. The molecule has 1 heteroatoms. The van der Waals surface area contributed by atoms with Crippen LogP contribution in [0, 0.1) is 23.7 Å². The van der Waals surface area contributed by atoms with Crippen LogP contribution in [0.4, 0.5) is 0 Å². The van der Waals surface area contributed by atoms with E-state index in [0.29, 0.717) is 0 Å². The third-order valence-corrected chi connectivity index (χ3v) is 5.31. The topological polar surface area (TPSA) is 3.24 Å². The van der Waals surface area contributed by atoms with E-state index in [-0.39, 0.29) is 0 Å². The lowest BCUT2D eigenvalue weighted by atomic mass is 9.69. The molecule has 17 heavy (non-hydrogen) atoms. The lowest BCUT2D eigenvalue weighted by molar-refractivity contribution is -0.0138. The molecule has 0 saturated carbocycles. The maximum atomic E-state index is 2.85. The van der Waals surface area contributed by atoms with E-state index in [9.17, 15) is 0 Å². The average molecular weight is 237 g/mol. The van der Waals surface area contributed by atoms with Gasteiger partial charge in [-0.05, 0) is 56.8 Å². The Balaban J connectivity index is 2.24. The zero-order valence-electron chi connectivity index (χ0n) is 12.6. The van der Waals surface area contributed by atoms with Crippen molar-refractivity contribution in [3.63, 3.8) is 0 Å². The number of piperidine rings is 1. The monoisotopic (exact) mass is 237 g/mol. The number of rotatable bonds is 3. The van der Waals surface area contributed by atoms with E-state index in [2.05, 4.69) is 46.4 Å². The summed E-state index contributed by atoms with van der Waals surface area (Å²) in [6.07, 6.45) is 4.36. The van der Waals surface area contributed by atoms with Crippen molar-refractivity contribution in [2.75, 3.05) is 0 Å². The van der Waals surface area contributed by atoms with Gasteiger partial charge in [0.1, 0.15) is 0 Å². The molecule has 0 spiro atoms. The van der Waals surface area contributed by atoms with Crippen LogP contribution in [0.15, 0.2) is 0 Å². The fraction of sp³-hybridized carbons (Fsp3) is 1.00. The maximum Gasteiger partial charge on any atom is 0.0135 e. The van der Waals surface area contributed by atoms with Gasteiger partial charge in [-0.15, -0.1) is 0 Å². The van der Waals surface area contributed by atoms with Crippen LogP contribution >= 0.6 is 0 Å². The fourth-order valence-electron chi connectivity index (χ4n) is 4.78. The molecule has 0 aromatic carbocycles. The second-order valence-corrected chi connectivity index (χ2v) is 7.30. The first-order valence-electron chi connectivity index (χ1n) is 7.71. The molecular formula is C16H31N. The van der Waals surface area contributed by atoms with E-state index >= 15 is 0 Å². The zero-order chi connectivity index (χ0) is 12.7. The van der Waals surface area contributed by atoms with Crippen molar-refractivity contribution in [2.45, 2.75) is 78.9 Å². The van der Waals surface area contributed by atoms with Crippen molar-refractivity contribution in [1.82, 2.24) is 4.90 Å². The molecule has 0 aromatic rings. The number of hydrogen-bond acceptors (Lipinski definition) is 1. The standard InChI is InChI=1S/C16H31N/c1-10(2)14-9-13-7-8-15(16(14)11(3)4)17(13)12(5)6/h10-16H,7-9H2,1-6H3. The van der Waals surface area contributed by atoms with Crippen LogP contribution in [0.3, 0.4) is 0 Å². The molecule has 2 saturated heterocycles. The molecule has 4 atom stereocenters. The highest BCUT2D eigenvalue weighted by atomic mass is 15.2. The van der Waals surface area contributed by atoms with Gasteiger partial charge in [0, 0.05) is 18.1 Å². The number of fused-ring (bicyclic) bond motifs is 2.